The molecule has 0 saturated heterocycles. The van der Waals surface area contributed by atoms with Crippen LogP contribution in [-0.2, 0) is 4.79 Å². The van der Waals surface area contributed by atoms with Gasteiger partial charge in [-0.2, -0.15) is 0 Å². The summed E-state index contributed by atoms with van der Waals surface area (Å²) in [6.07, 6.45) is 4.87. The van der Waals surface area contributed by atoms with Crippen molar-refractivity contribution in [2.24, 2.45) is 5.73 Å². The number of imidazole rings is 1. The summed E-state index contributed by atoms with van der Waals surface area (Å²) in [5.41, 5.74) is 7.04. The number of carbonyl (C=O) groups is 1. The summed E-state index contributed by atoms with van der Waals surface area (Å²) in [7, 11) is 0. The van der Waals surface area contributed by atoms with E-state index in [1.54, 1.807) is 6.33 Å². The molecule has 0 aromatic carbocycles. The van der Waals surface area contributed by atoms with Gasteiger partial charge in [0, 0.05) is 31.1 Å². The number of hydrogen-bond donors (Lipinski definition) is 3. The summed E-state index contributed by atoms with van der Waals surface area (Å²) in [6.45, 7) is 3.07. The van der Waals surface area contributed by atoms with Crippen molar-refractivity contribution in [3.8, 4) is 0 Å². The predicted molar refractivity (Wildman–Crippen MR) is 86.2 cm³/mol. The number of amides is 1. The number of rotatable bonds is 4. The molecule has 0 bridgehead atoms. The fraction of sp³-hybridized carbons (Fsp3) is 0.385. The molecule has 0 fully saturated rings. The molecule has 22 heavy (non-hydrogen) atoms. The SMILES string of the molecule is C[C@H](N)CNC(=O)C1=CN(c2ncnc3nc[nH]c23)CCS1. The van der Waals surface area contributed by atoms with Crippen LogP contribution in [0.1, 0.15) is 6.92 Å². The molecule has 0 radical (unpaired) electrons. The Kier molecular flexibility index (Phi) is 4.25. The fourth-order valence-corrected chi connectivity index (χ4v) is 3.01. The molecule has 0 unspecified atom stereocenters. The monoisotopic (exact) mass is 319 g/mol. The summed E-state index contributed by atoms with van der Waals surface area (Å²) in [5, 5.41) is 2.82. The topological polar surface area (TPSA) is 113 Å². The number of aromatic nitrogens is 4. The minimum absolute atomic E-state index is 0.0688. The van der Waals surface area contributed by atoms with Crippen molar-refractivity contribution < 1.29 is 4.79 Å². The third-order valence-corrected chi connectivity index (χ3v) is 4.13. The number of nitrogens with two attached hydrogens (primary N) is 1. The van der Waals surface area contributed by atoms with Gasteiger partial charge in [0.15, 0.2) is 11.5 Å². The van der Waals surface area contributed by atoms with Crippen LogP contribution in [0.5, 0.6) is 0 Å². The van der Waals surface area contributed by atoms with E-state index in [2.05, 4.69) is 25.3 Å². The molecule has 0 saturated carbocycles. The van der Waals surface area contributed by atoms with Gasteiger partial charge in [-0.15, -0.1) is 11.8 Å². The van der Waals surface area contributed by atoms with E-state index in [1.165, 1.54) is 18.1 Å². The molecule has 4 N–H and O–H groups in total. The molecule has 0 aliphatic carbocycles. The highest BCUT2D eigenvalue weighted by atomic mass is 32.2. The van der Waals surface area contributed by atoms with E-state index in [0.717, 1.165) is 23.6 Å². The average molecular weight is 319 g/mol. The summed E-state index contributed by atoms with van der Waals surface area (Å²) in [6, 6.07) is -0.0688. The standard InChI is InChI=1S/C13H17N7OS/c1-8(14)4-15-13(21)9-5-20(2-3-22-9)12-10-11(17-6-16-10)18-7-19-12/h5-8H,2-4,14H2,1H3,(H,15,21)(H,16,17,18,19)/t8-/m0/s1. The van der Waals surface area contributed by atoms with E-state index >= 15 is 0 Å². The number of carbonyl (C=O) groups excluding carboxylic acids is 1. The van der Waals surface area contributed by atoms with Crippen LogP contribution in [0.15, 0.2) is 23.8 Å². The van der Waals surface area contributed by atoms with Crippen LogP contribution in [0.25, 0.3) is 11.2 Å². The van der Waals surface area contributed by atoms with E-state index < -0.39 is 0 Å². The quantitative estimate of drug-likeness (QED) is 0.738. The lowest BCUT2D eigenvalue weighted by Crippen LogP contribution is -2.37. The maximum atomic E-state index is 12.2. The Hall–Kier alpha value is -2.13. The number of H-pyrrole nitrogens is 1. The predicted octanol–water partition coefficient (Wildman–Crippen LogP) is 0.211. The number of nitrogens with one attached hydrogen (secondary N) is 2. The first-order chi connectivity index (χ1) is 10.6. The molecule has 1 aliphatic rings. The number of thioether (sulfide) groups is 1. The van der Waals surface area contributed by atoms with Gasteiger partial charge in [-0.05, 0) is 6.92 Å². The molecule has 2 aromatic rings. The Labute approximate surface area is 131 Å². The highest BCUT2D eigenvalue weighted by Crippen LogP contribution is 2.27. The molecular formula is C13H17N7OS. The number of nitrogens with zero attached hydrogens (tertiary/aromatic N) is 4. The van der Waals surface area contributed by atoms with Gasteiger partial charge in [0.2, 0.25) is 0 Å². The van der Waals surface area contributed by atoms with Crippen LogP contribution in [-0.4, -0.2) is 50.7 Å². The van der Waals surface area contributed by atoms with Gasteiger partial charge in [-0.1, -0.05) is 0 Å². The molecule has 1 amide bonds. The van der Waals surface area contributed by atoms with Crippen molar-refractivity contribution in [2.45, 2.75) is 13.0 Å². The number of aromatic amines is 1. The Morgan fingerprint density at radius 2 is 2.41 bits per heavy atom. The summed E-state index contributed by atoms with van der Waals surface area (Å²) in [4.78, 5) is 30.3. The van der Waals surface area contributed by atoms with Crippen molar-refractivity contribution in [3.63, 3.8) is 0 Å². The summed E-state index contributed by atoms with van der Waals surface area (Å²) >= 11 is 1.53. The van der Waals surface area contributed by atoms with Crippen molar-refractivity contribution in [1.82, 2.24) is 25.3 Å². The van der Waals surface area contributed by atoms with Crippen LogP contribution >= 0.6 is 11.8 Å². The first kappa shape index (κ1) is 14.8. The van der Waals surface area contributed by atoms with Gasteiger partial charge in [-0.25, -0.2) is 15.0 Å². The zero-order chi connectivity index (χ0) is 15.5. The first-order valence-corrected chi connectivity index (χ1v) is 7.93. The number of anilines is 1. The lowest BCUT2D eigenvalue weighted by atomic mass is 10.3. The lowest BCUT2D eigenvalue weighted by molar-refractivity contribution is -0.116. The molecule has 0 spiro atoms. The molecule has 3 rings (SSSR count). The molecular weight excluding hydrogens is 302 g/mol. The Morgan fingerprint density at radius 1 is 1.55 bits per heavy atom. The number of fused-ring (bicyclic) bond motifs is 1. The van der Waals surface area contributed by atoms with E-state index in [-0.39, 0.29) is 11.9 Å². The smallest absolute Gasteiger partial charge is 0.259 e. The zero-order valence-electron chi connectivity index (χ0n) is 12.1. The molecule has 1 atom stereocenters. The van der Waals surface area contributed by atoms with Crippen molar-refractivity contribution in [3.05, 3.63) is 23.8 Å². The number of hydrogen-bond acceptors (Lipinski definition) is 7. The first-order valence-electron chi connectivity index (χ1n) is 6.94. The lowest BCUT2D eigenvalue weighted by Gasteiger charge is -2.25. The van der Waals surface area contributed by atoms with Gasteiger partial charge in [0.1, 0.15) is 11.8 Å². The van der Waals surface area contributed by atoms with Gasteiger partial charge in [0.05, 0.1) is 11.2 Å². The van der Waals surface area contributed by atoms with Crippen LogP contribution in [0.2, 0.25) is 0 Å². The Bertz CT molecular complexity index is 711. The normalized spacial score (nSPS) is 16.5. The van der Waals surface area contributed by atoms with E-state index in [1.807, 2.05) is 18.0 Å². The van der Waals surface area contributed by atoms with E-state index in [9.17, 15) is 4.79 Å². The van der Waals surface area contributed by atoms with Crippen LogP contribution in [0.4, 0.5) is 5.82 Å². The fourth-order valence-electron chi connectivity index (χ4n) is 2.10. The summed E-state index contributed by atoms with van der Waals surface area (Å²) in [5.74, 6) is 1.42. The van der Waals surface area contributed by atoms with Gasteiger partial charge in [-0.3, -0.25) is 4.79 Å². The minimum Gasteiger partial charge on any atom is -0.350 e. The van der Waals surface area contributed by atoms with Crippen LogP contribution < -0.4 is 16.0 Å². The maximum Gasteiger partial charge on any atom is 0.259 e. The molecule has 2 aromatic heterocycles. The second kappa shape index (κ2) is 6.32. The van der Waals surface area contributed by atoms with Crippen molar-refractivity contribution in [2.75, 3.05) is 23.7 Å². The van der Waals surface area contributed by atoms with Gasteiger partial charge < -0.3 is 20.9 Å². The molecule has 9 heteroatoms. The molecule has 3 heterocycles. The van der Waals surface area contributed by atoms with Crippen molar-refractivity contribution >= 4 is 34.7 Å². The third kappa shape index (κ3) is 3.04. The zero-order valence-corrected chi connectivity index (χ0v) is 12.9. The third-order valence-electron chi connectivity index (χ3n) is 3.15. The molecule has 1 aliphatic heterocycles. The van der Waals surface area contributed by atoms with Crippen molar-refractivity contribution in [1.29, 1.82) is 0 Å². The van der Waals surface area contributed by atoms with Gasteiger partial charge >= 0.3 is 0 Å². The molecule has 8 nitrogen and oxygen atoms in total. The van der Waals surface area contributed by atoms with E-state index in [4.69, 9.17) is 5.73 Å². The van der Waals surface area contributed by atoms with Crippen LogP contribution in [0, 0.1) is 0 Å². The minimum atomic E-state index is -0.109. The molecule has 116 valence electrons. The highest BCUT2D eigenvalue weighted by molar-refractivity contribution is 8.04. The van der Waals surface area contributed by atoms with Crippen LogP contribution in [0.3, 0.4) is 0 Å². The Balaban J connectivity index is 1.84. The second-order valence-electron chi connectivity index (χ2n) is 5.02. The van der Waals surface area contributed by atoms with E-state index in [0.29, 0.717) is 17.1 Å². The average Bonchev–Trinajstić information content (AvgIpc) is 3.01. The maximum absolute atomic E-state index is 12.2. The second-order valence-corrected chi connectivity index (χ2v) is 6.16. The van der Waals surface area contributed by atoms with Gasteiger partial charge in [0.25, 0.3) is 5.91 Å². The summed E-state index contributed by atoms with van der Waals surface area (Å²) < 4.78 is 0. The highest BCUT2D eigenvalue weighted by Gasteiger charge is 2.20. The Morgan fingerprint density at radius 3 is 3.23 bits per heavy atom. The largest absolute Gasteiger partial charge is 0.350 e.